The summed E-state index contributed by atoms with van der Waals surface area (Å²) in [5, 5.41) is 0. The summed E-state index contributed by atoms with van der Waals surface area (Å²) < 4.78 is 31.9. The second kappa shape index (κ2) is 6.55. The van der Waals surface area contributed by atoms with E-state index < -0.39 is 22.0 Å². The van der Waals surface area contributed by atoms with Gasteiger partial charge in [0, 0.05) is 12.6 Å². The summed E-state index contributed by atoms with van der Waals surface area (Å²) in [6.45, 7) is 5.88. The van der Waals surface area contributed by atoms with Gasteiger partial charge >= 0.3 is 5.97 Å². The number of sulfonamides is 1. The van der Waals surface area contributed by atoms with Crippen LogP contribution in [0.1, 0.15) is 31.1 Å². The summed E-state index contributed by atoms with van der Waals surface area (Å²) in [6.07, 6.45) is 0. The van der Waals surface area contributed by atoms with Crippen LogP contribution in [0.4, 0.5) is 0 Å². The highest BCUT2D eigenvalue weighted by Crippen LogP contribution is 2.21. The van der Waals surface area contributed by atoms with E-state index in [1.807, 2.05) is 20.8 Å². The summed E-state index contributed by atoms with van der Waals surface area (Å²) in [5.41, 5.74) is 5.51. The molecule has 0 radical (unpaired) electrons. The quantitative estimate of drug-likeness (QED) is 0.794. The van der Waals surface area contributed by atoms with Crippen LogP contribution >= 0.6 is 0 Å². The normalized spacial score (nSPS) is 13.8. The molecule has 0 aliphatic rings. The molecule has 0 saturated heterocycles. The van der Waals surface area contributed by atoms with Gasteiger partial charge in [0.05, 0.1) is 17.6 Å². The summed E-state index contributed by atoms with van der Waals surface area (Å²) in [5.74, 6) is -0.585. The van der Waals surface area contributed by atoms with Crippen molar-refractivity contribution in [3.8, 4) is 0 Å². The van der Waals surface area contributed by atoms with E-state index in [1.54, 1.807) is 0 Å². The van der Waals surface area contributed by atoms with Crippen molar-refractivity contribution in [2.75, 3.05) is 13.7 Å². The Morgan fingerprint density at radius 1 is 1.38 bits per heavy atom. The predicted molar refractivity (Wildman–Crippen MR) is 80.4 cm³/mol. The summed E-state index contributed by atoms with van der Waals surface area (Å²) in [6, 6.07) is 5.28. The maximum Gasteiger partial charge on any atom is 0.337 e. The molecule has 1 unspecified atom stereocenters. The zero-order chi connectivity index (χ0) is 16.3. The number of nitrogens with two attached hydrogens (primary N) is 1. The summed E-state index contributed by atoms with van der Waals surface area (Å²) in [7, 11) is -2.51. The lowest BCUT2D eigenvalue weighted by Crippen LogP contribution is -2.48. The Labute approximate surface area is 125 Å². The molecule has 118 valence electrons. The number of benzene rings is 1. The standard InChI is InChI=1S/C14H22N2O4S/c1-14(2,3)12(9-15)16-21(18,19)11-7-5-6-10(8-11)13(17)20-4/h5-8,12,16H,9,15H2,1-4H3. The Morgan fingerprint density at radius 3 is 2.48 bits per heavy atom. The molecule has 1 rings (SSSR count). The molecule has 0 aromatic heterocycles. The van der Waals surface area contributed by atoms with E-state index >= 15 is 0 Å². The van der Waals surface area contributed by atoms with Crippen molar-refractivity contribution in [3.05, 3.63) is 29.8 Å². The van der Waals surface area contributed by atoms with E-state index in [0.717, 1.165) is 0 Å². The SMILES string of the molecule is COC(=O)c1cccc(S(=O)(=O)NC(CN)C(C)(C)C)c1. The van der Waals surface area contributed by atoms with Crippen LogP contribution in [0.2, 0.25) is 0 Å². The van der Waals surface area contributed by atoms with Crippen molar-refractivity contribution in [1.29, 1.82) is 0 Å². The number of esters is 1. The Balaban J connectivity index is 3.11. The first-order chi connectivity index (χ1) is 9.61. The highest BCUT2D eigenvalue weighted by molar-refractivity contribution is 7.89. The minimum atomic E-state index is -3.76. The molecule has 0 amide bonds. The molecular weight excluding hydrogens is 292 g/mol. The molecule has 0 fully saturated rings. The van der Waals surface area contributed by atoms with Crippen LogP contribution in [0, 0.1) is 5.41 Å². The van der Waals surface area contributed by atoms with Crippen molar-refractivity contribution in [1.82, 2.24) is 4.72 Å². The monoisotopic (exact) mass is 314 g/mol. The van der Waals surface area contributed by atoms with E-state index in [0.29, 0.717) is 0 Å². The van der Waals surface area contributed by atoms with E-state index in [2.05, 4.69) is 9.46 Å². The number of carbonyl (C=O) groups excluding carboxylic acids is 1. The van der Waals surface area contributed by atoms with Gasteiger partial charge in [-0.05, 0) is 23.6 Å². The molecule has 0 saturated carbocycles. The van der Waals surface area contributed by atoms with Crippen LogP contribution < -0.4 is 10.5 Å². The van der Waals surface area contributed by atoms with Crippen LogP contribution in [-0.2, 0) is 14.8 Å². The highest BCUT2D eigenvalue weighted by Gasteiger charge is 2.28. The molecule has 0 aliphatic heterocycles. The molecule has 3 N–H and O–H groups in total. The van der Waals surface area contributed by atoms with Crippen molar-refractivity contribution >= 4 is 16.0 Å². The predicted octanol–water partition coefficient (Wildman–Crippen LogP) is 1.12. The molecule has 21 heavy (non-hydrogen) atoms. The van der Waals surface area contributed by atoms with E-state index in [9.17, 15) is 13.2 Å². The van der Waals surface area contributed by atoms with Gasteiger partial charge < -0.3 is 10.5 Å². The molecule has 7 heteroatoms. The molecule has 0 heterocycles. The lowest BCUT2D eigenvalue weighted by molar-refractivity contribution is 0.0600. The third-order valence-corrected chi connectivity index (χ3v) is 4.61. The molecule has 1 aromatic rings. The summed E-state index contributed by atoms with van der Waals surface area (Å²) >= 11 is 0. The molecule has 0 bridgehead atoms. The average Bonchev–Trinajstić information content (AvgIpc) is 2.42. The largest absolute Gasteiger partial charge is 0.465 e. The number of rotatable bonds is 5. The Hall–Kier alpha value is -1.44. The third-order valence-electron chi connectivity index (χ3n) is 3.14. The van der Waals surface area contributed by atoms with E-state index in [1.165, 1.54) is 31.4 Å². The Kier molecular flexibility index (Phi) is 5.49. The van der Waals surface area contributed by atoms with Gasteiger partial charge in [0.25, 0.3) is 0 Å². The first kappa shape index (κ1) is 17.6. The molecule has 1 atom stereocenters. The lowest BCUT2D eigenvalue weighted by Gasteiger charge is -2.30. The van der Waals surface area contributed by atoms with Gasteiger partial charge in [0.1, 0.15) is 0 Å². The highest BCUT2D eigenvalue weighted by atomic mass is 32.2. The zero-order valence-electron chi connectivity index (χ0n) is 12.7. The average molecular weight is 314 g/mol. The van der Waals surface area contributed by atoms with Gasteiger partial charge in [-0.2, -0.15) is 0 Å². The second-order valence-electron chi connectivity index (χ2n) is 5.80. The van der Waals surface area contributed by atoms with Gasteiger partial charge in [-0.25, -0.2) is 17.9 Å². The van der Waals surface area contributed by atoms with Gasteiger partial charge in [-0.15, -0.1) is 0 Å². The third kappa shape index (κ3) is 4.52. The van der Waals surface area contributed by atoms with Crippen molar-refractivity contribution in [3.63, 3.8) is 0 Å². The smallest absolute Gasteiger partial charge is 0.337 e. The number of hydrogen-bond acceptors (Lipinski definition) is 5. The lowest BCUT2D eigenvalue weighted by atomic mass is 9.88. The van der Waals surface area contributed by atoms with E-state index in [-0.39, 0.29) is 22.4 Å². The Morgan fingerprint density at radius 2 is 2.00 bits per heavy atom. The number of nitrogens with one attached hydrogen (secondary N) is 1. The fourth-order valence-electron chi connectivity index (χ4n) is 1.74. The van der Waals surface area contributed by atoms with Crippen LogP contribution in [0.5, 0.6) is 0 Å². The van der Waals surface area contributed by atoms with Gasteiger partial charge in [0.15, 0.2) is 0 Å². The first-order valence-corrected chi connectivity index (χ1v) is 8.01. The van der Waals surface area contributed by atoms with Gasteiger partial charge in [0.2, 0.25) is 10.0 Å². The fourth-order valence-corrected chi connectivity index (χ4v) is 3.24. The minimum absolute atomic E-state index is 0.00750. The molecule has 0 aliphatic carbocycles. The maximum absolute atomic E-state index is 12.4. The zero-order valence-corrected chi connectivity index (χ0v) is 13.5. The minimum Gasteiger partial charge on any atom is -0.465 e. The number of methoxy groups -OCH3 is 1. The fraction of sp³-hybridized carbons (Fsp3) is 0.500. The first-order valence-electron chi connectivity index (χ1n) is 6.52. The van der Waals surface area contributed by atoms with Crippen LogP contribution in [0.3, 0.4) is 0 Å². The number of ether oxygens (including phenoxy) is 1. The van der Waals surface area contributed by atoms with Gasteiger partial charge in [-0.3, -0.25) is 0 Å². The molecule has 0 spiro atoms. The maximum atomic E-state index is 12.4. The summed E-state index contributed by atoms with van der Waals surface area (Å²) in [4.78, 5) is 11.5. The van der Waals surface area contributed by atoms with Crippen LogP contribution in [0.15, 0.2) is 29.2 Å². The molecule has 1 aromatic carbocycles. The molecule has 6 nitrogen and oxygen atoms in total. The van der Waals surface area contributed by atoms with E-state index in [4.69, 9.17) is 5.73 Å². The van der Waals surface area contributed by atoms with Crippen LogP contribution in [-0.4, -0.2) is 34.1 Å². The number of hydrogen-bond donors (Lipinski definition) is 2. The van der Waals surface area contributed by atoms with Crippen molar-refractivity contribution < 1.29 is 17.9 Å². The van der Waals surface area contributed by atoms with Crippen molar-refractivity contribution in [2.45, 2.75) is 31.7 Å². The van der Waals surface area contributed by atoms with Crippen molar-refractivity contribution in [2.24, 2.45) is 11.1 Å². The van der Waals surface area contributed by atoms with Crippen LogP contribution in [0.25, 0.3) is 0 Å². The number of carbonyl (C=O) groups is 1. The van der Waals surface area contributed by atoms with Gasteiger partial charge in [-0.1, -0.05) is 26.8 Å². The second-order valence-corrected chi connectivity index (χ2v) is 7.51. The topological polar surface area (TPSA) is 98.5 Å². The molecular formula is C14H22N2O4S. The Bertz CT molecular complexity index is 606.